The molecular weight excluding hydrogens is 578 g/mol. The number of aryl methyl sites for hydroxylation is 2. The molecule has 1 aliphatic carbocycles. The predicted octanol–water partition coefficient (Wildman–Crippen LogP) is 6.77. The SMILES string of the molecule is N#Cc1c(-c2ccccc2)cc(-c2ccccc2)nc1SCC(=O)N/N=C\c1c(O)c([N+](=O)[O-])cc2oc3c(c12)CCCC3. The molecule has 0 bridgehead atoms. The number of phenols is 1. The van der Waals surface area contributed by atoms with Gasteiger partial charge in [0.05, 0.1) is 39.8 Å². The smallest absolute Gasteiger partial charge is 0.315 e. The van der Waals surface area contributed by atoms with Crippen molar-refractivity contribution in [2.75, 3.05) is 5.75 Å². The Morgan fingerprint density at radius 3 is 2.52 bits per heavy atom. The summed E-state index contributed by atoms with van der Waals surface area (Å²) in [6, 6.07) is 24.4. The number of benzene rings is 3. The standard InChI is InChI=1S/C33H25N5O5S/c34-17-24-23(20-9-3-1-4-10-20)15-26(21-11-5-2-6-12-21)36-33(24)44-19-30(39)37-35-18-25-31-22-13-7-8-14-28(22)43-29(31)16-27(32(25)40)38(41)42/h1-6,9-12,15-16,18,40H,7-8,13-14,19H2,(H,37,39)/b35-18-. The normalized spacial score (nSPS) is 12.6. The summed E-state index contributed by atoms with van der Waals surface area (Å²) in [6.07, 6.45) is 4.51. The van der Waals surface area contributed by atoms with Crippen LogP contribution in [-0.4, -0.2) is 32.9 Å². The quantitative estimate of drug-likeness (QED) is 0.0852. The van der Waals surface area contributed by atoms with Gasteiger partial charge in [0.1, 0.15) is 22.4 Å². The van der Waals surface area contributed by atoms with Gasteiger partial charge in [-0.05, 0) is 30.9 Å². The fraction of sp³-hybridized carbons (Fsp3) is 0.152. The van der Waals surface area contributed by atoms with Crippen molar-refractivity contribution in [3.63, 3.8) is 0 Å². The van der Waals surface area contributed by atoms with Crippen molar-refractivity contribution in [2.45, 2.75) is 30.7 Å². The average Bonchev–Trinajstić information content (AvgIpc) is 3.43. The maximum atomic E-state index is 12.9. The number of carbonyl (C=O) groups is 1. The van der Waals surface area contributed by atoms with Crippen molar-refractivity contribution in [1.29, 1.82) is 5.26 Å². The van der Waals surface area contributed by atoms with Crippen molar-refractivity contribution in [2.24, 2.45) is 5.10 Å². The number of hydrazone groups is 1. The number of nitriles is 1. The number of nitro benzene ring substituents is 1. The molecule has 0 radical (unpaired) electrons. The van der Waals surface area contributed by atoms with Crippen LogP contribution in [0.25, 0.3) is 33.4 Å². The Balaban J connectivity index is 1.27. The van der Waals surface area contributed by atoms with Crippen LogP contribution in [0.4, 0.5) is 5.69 Å². The molecule has 0 saturated carbocycles. The second-order valence-electron chi connectivity index (χ2n) is 10.2. The minimum Gasteiger partial charge on any atom is -0.502 e. The summed E-state index contributed by atoms with van der Waals surface area (Å²) in [6.45, 7) is 0. The molecular formula is C33H25N5O5S. The number of nitro groups is 1. The maximum absolute atomic E-state index is 12.9. The Hall–Kier alpha value is -5.47. The van der Waals surface area contributed by atoms with E-state index in [1.807, 2.05) is 66.7 Å². The van der Waals surface area contributed by atoms with Crippen molar-refractivity contribution in [3.05, 3.63) is 105 Å². The predicted molar refractivity (Wildman–Crippen MR) is 167 cm³/mol. The molecule has 0 spiro atoms. The minimum atomic E-state index is -0.685. The number of phenolic OH excluding ortho intramolecular Hbond substituents is 1. The second-order valence-corrected chi connectivity index (χ2v) is 11.1. The zero-order chi connectivity index (χ0) is 30.6. The number of nitrogens with zero attached hydrogens (tertiary/aromatic N) is 4. The highest BCUT2D eigenvalue weighted by Gasteiger charge is 2.27. The van der Waals surface area contributed by atoms with E-state index in [1.165, 1.54) is 12.3 Å². The molecule has 2 aromatic heterocycles. The third-order valence-electron chi connectivity index (χ3n) is 7.41. The Bertz CT molecular complexity index is 1970. The molecule has 0 aliphatic heterocycles. The average molecular weight is 604 g/mol. The van der Waals surface area contributed by atoms with Crippen LogP contribution >= 0.6 is 11.8 Å². The number of carbonyl (C=O) groups excluding carboxylic acids is 1. The lowest BCUT2D eigenvalue weighted by Gasteiger charge is -2.12. The van der Waals surface area contributed by atoms with Gasteiger partial charge in [-0.2, -0.15) is 10.4 Å². The van der Waals surface area contributed by atoms with Crippen LogP contribution in [0.3, 0.4) is 0 Å². The van der Waals surface area contributed by atoms with Crippen LogP contribution < -0.4 is 5.43 Å². The molecule has 2 N–H and O–H groups in total. The third-order valence-corrected chi connectivity index (χ3v) is 8.38. The van der Waals surface area contributed by atoms with Crippen molar-refractivity contribution in [3.8, 4) is 34.2 Å². The molecule has 5 aromatic rings. The summed E-state index contributed by atoms with van der Waals surface area (Å²) in [4.78, 5) is 28.5. The Kier molecular flexibility index (Phi) is 8.08. The lowest BCUT2D eigenvalue weighted by atomic mass is 9.93. The van der Waals surface area contributed by atoms with Gasteiger partial charge in [0.15, 0.2) is 0 Å². The van der Waals surface area contributed by atoms with Gasteiger partial charge >= 0.3 is 5.69 Å². The van der Waals surface area contributed by atoms with E-state index in [-0.39, 0.29) is 11.3 Å². The number of pyridine rings is 1. The summed E-state index contributed by atoms with van der Waals surface area (Å²) in [5, 5.41) is 37.4. The molecule has 1 amide bonds. The van der Waals surface area contributed by atoms with Gasteiger partial charge in [0.25, 0.3) is 0 Å². The summed E-state index contributed by atoms with van der Waals surface area (Å²) in [7, 11) is 0. The van der Waals surface area contributed by atoms with E-state index in [1.54, 1.807) is 0 Å². The lowest BCUT2D eigenvalue weighted by molar-refractivity contribution is -0.385. The first-order valence-corrected chi connectivity index (χ1v) is 14.9. The van der Waals surface area contributed by atoms with Crippen LogP contribution in [0.2, 0.25) is 0 Å². The number of nitrogens with one attached hydrogen (secondary N) is 1. The van der Waals surface area contributed by atoms with E-state index in [9.17, 15) is 25.3 Å². The Morgan fingerprint density at radius 2 is 1.82 bits per heavy atom. The van der Waals surface area contributed by atoms with E-state index in [4.69, 9.17) is 9.40 Å². The summed E-state index contributed by atoms with van der Waals surface area (Å²) >= 11 is 1.10. The molecule has 6 rings (SSSR count). The van der Waals surface area contributed by atoms with Crippen LogP contribution in [0, 0.1) is 21.4 Å². The fourth-order valence-electron chi connectivity index (χ4n) is 5.37. The third kappa shape index (κ3) is 5.63. The molecule has 11 heteroatoms. The first-order chi connectivity index (χ1) is 21.4. The van der Waals surface area contributed by atoms with Crippen LogP contribution in [0.5, 0.6) is 5.75 Å². The number of furan rings is 1. The fourth-order valence-corrected chi connectivity index (χ4v) is 6.16. The number of aromatic hydroxyl groups is 1. The van der Waals surface area contributed by atoms with Crippen LogP contribution in [0.15, 0.2) is 87.3 Å². The number of rotatable bonds is 8. The molecule has 0 fully saturated rings. The van der Waals surface area contributed by atoms with Gasteiger partial charge in [-0.15, -0.1) is 0 Å². The Morgan fingerprint density at radius 1 is 1.11 bits per heavy atom. The highest BCUT2D eigenvalue weighted by molar-refractivity contribution is 8.00. The molecule has 0 atom stereocenters. The summed E-state index contributed by atoms with van der Waals surface area (Å²) in [5.74, 6) is -0.394. The van der Waals surface area contributed by atoms with E-state index in [0.717, 1.165) is 47.1 Å². The van der Waals surface area contributed by atoms with Crippen LogP contribution in [-0.2, 0) is 17.6 Å². The molecule has 3 aromatic carbocycles. The number of aromatic nitrogens is 1. The zero-order valence-corrected chi connectivity index (χ0v) is 24.1. The number of amides is 1. The molecule has 1 aliphatic rings. The van der Waals surface area contributed by atoms with Crippen molar-refractivity contribution >= 4 is 40.5 Å². The lowest BCUT2D eigenvalue weighted by Crippen LogP contribution is -2.20. The number of hydrogen-bond acceptors (Lipinski definition) is 9. The maximum Gasteiger partial charge on any atom is 0.315 e. The van der Waals surface area contributed by atoms with E-state index >= 15 is 0 Å². The summed E-state index contributed by atoms with van der Waals surface area (Å²) < 4.78 is 5.90. The molecule has 0 saturated heterocycles. The largest absolute Gasteiger partial charge is 0.502 e. The van der Waals surface area contributed by atoms with Gasteiger partial charge in [-0.25, -0.2) is 10.4 Å². The van der Waals surface area contributed by atoms with E-state index < -0.39 is 22.3 Å². The van der Waals surface area contributed by atoms with Crippen LogP contribution in [0.1, 0.15) is 35.3 Å². The zero-order valence-electron chi connectivity index (χ0n) is 23.3. The van der Waals surface area contributed by atoms with Crippen molar-refractivity contribution in [1.82, 2.24) is 10.4 Å². The molecule has 44 heavy (non-hydrogen) atoms. The van der Waals surface area contributed by atoms with Gasteiger partial charge in [-0.1, -0.05) is 72.4 Å². The first-order valence-electron chi connectivity index (χ1n) is 13.9. The van der Waals surface area contributed by atoms with Gasteiger partial charge in [-0.3, -0.25) is 14.9 Å². The first kappa shape index (κ1) is 28.6. The van der Waals surface area contributed by atoms with Gasteiger partial charge in [0, 0.05) is 28.5 Å². The van der Waals surface area contributed by atoms with Crippen molar-refractivity contribution < 1.29 is 19.2 Å². The highest BCUT2D eigenvalue weighted by Crippen LogP contribution is 2.41. The number of thioether (sulfide) groups is 1. The molecule has 2 heterocycles. The van der Waals surface area contributed by atoms with Gasteiger partial charge in [0.2, 0.25) is 11.7 Å². The molecule has 218 valence electrons. The summed E-state index contributed by atoms with van der Waals surface area (Å²) in [5.41, 5.74) is 6.68. The topological polar surface area (TPSA) is 155 Å². The monoisotopic (exact) mass is 603 g/mol. The number of fused-ring (bicyclic) bond motifs is 3. The van der Waals surface area contributed by atoms with Gasteiger partial charge < -0.3 is 9.52 Å². The Labute approximate surface area is 256 Å². The highest BCUT2D eigenvalue weighted by atomic mass is 32.2. The minimum absolute atomic E-state index is 0.108. The second kappa shape index (κ2) is 12.4. The van der Waals surface area contributed by atoms with E-state index in [0.29, 0.717) is 45.7 Å². The molecule has 10 nitrogen and oxygen atoms in total. The number of hydrogen-bond donors (Lipinski definition) is 2. The van der Waals surface area contributed by atoms with E-state index in [2.05, 4.69) is 16.6 Å². The molecule has 0 unspecified atom stereocenters.